The van der Waals surface area contributed by atoms with Gasteiger partial charge in [0.05, 0.1) is 18.6 Å². The first-order chi connectivity index (χ1) is 11.2. The number of piperidine rings is 1. The fourth-order valence-corrected chi connectivity index (χ4v) is 5.12. The molecule has 7 nitrogen and oxygen atoms in total. The Labute approximate surface area is 144 Å². The van der Waals surface area contributed by atoms with Crippen LogP contribution in [0.15, 0.2) is 23.1 Å². The van der Waals surface area contributed by atoms with Gasteiger partial charge in [-0.1, -0.05) is 6.92 Å². The minimum Gasteiger partial charge on any atom is -0.497 e. The van der Waals surface area contributed by atoms with Crippen molar-refractivity contribution in [2.24, 2.45) is 5.92 Å². The molecular formula is C15H24N2O5S2. The molecule has 1 heterocycles. The van der Waals surface area contributed by atoms with Crippen LogP contribution < -0.4 is 9.46 Å². The molecule has 0 bridgehead atoms. The lowest BCUT2D eigenvalue weighted by Crippen LogP contribution is -2.39. The monoisotopic (exact) mass is 376 g/mol. The van der Waals surface area contributed by atoms with Crippen molar-refractivity contribution in [1.29, 1.82) is 0 Å². The number of nitrogens with one attached hydrogen (secondary N) is 1. The molecule has 1 fully saturated rings. The normalized spacial score (nSPS) is 19.9. The first-order valence-electron chi connectivity index (χ1n) is 7.88. The molecule has 1 saturated heterocycles. The molecule has 1 aromatic carbocycles. The summed E-state index contributed by atoms with van der Waals surface area (Å²) in [7, 11) is -5.95. The molecule has 0 aliphatic carbocycles. The number of hydrogen-bond acceptors (Lipinski definition) is 5. The predicted molar refractivity (Wildman–Crippen MR) is 93.2 cm³/mol. The van der Waals surface area contributed by atoms with Crippen LogP contribution in [0.4, 0.5) is 5.69 Å². The number of sulfonamides is 2. The standard InChI is InChI=1S/C15H24N2O5S2/c1-4-23(18,19)16-14-10-13(22-3)7-8-15(14)24(20,21)17-9-5-6-12(2)11-17/h7-8,10,12,16H,4-6,9,11H2,1-3H3. The van der Waals surface area contributed by atoms with Crippen LogP contribution in [0.5, 0.6) is 5.75 Å². The van der Waals surface area contributed by atoms with E-state index in [1.807, 2.05) is 6.92 Å². The molecule has 0 saturated carbocycles. The zero-order valence-corrected chi connectivity index (χ0v) is 15.8. The van der Waals surface area contributed by atoms with Gasteiger partial charge >= 0.3 is 0 Å². The third-order valence-corrected chi connectivity index (χ3v) is 7.28. The number of hydrogen-bond donors (Lipinski definition) is 1. The highest BCUT2D eigenvalue weighted by Crippen LogP contribution is 2.31. The number of benzene rings is 1. The van der Waals surface area contributed by atoms with E-state index in [4.69, 9.17) is 4.74 Å². The molecule has 1 aliphatic heterocycles. The van der Waals surface area contributed by atoms with Gasteiger partial charge in [0.1, 0.15) is 10.6 Å². The zero-order chi connectivity index (χ0) is 18.0. The summed E-state index contributed by atoms with van der Waals surface area (Å²) >= 11 is 0. The van der Waals surface area contributed by atoms with E-state index in [9.17, 15) is 16.8 Å². The summed E-state index contributed by atoms with van der Waals surface area (Å²) in [4.78, 5) is -0.0468. The van der Waals surface area contributed by atoms with Crippen LogP contribution in [0.3, 0.4) is 0 Å². The van der Waals surface area contributed by atoms with Gasteiger partial charge in [-0.15, -0.1) is 0 Å². The van der Waals surface area contributed by atoms with Gasteiger partial charge in [0.15, 0.2) is 0 Å². The van der Waals surface area contributed by atoms with Crippen molar-refractivity contribution in [2.45, 2.75) is 31.6 Å². The van der Waals surface area contributed by atoms with Gasteiger partial charge in [-0.3, -0.25) is 4.72 Å². The molecule has 1 aromatic rings. The van der Waals surface area contributed by atoms with E-state index in [-0.39, 0.29) is 22.3 Å². The fraction of sp³-hybridized carbons (Fsp3) is 0.600. The summed E-state index contributed by atoms with van der Waals surface area (Å²) in [6, 6.07) is 4.30. The molecule has 24 heavy (non-hydrogen) atoms. The van der Waals surface area contributed by atoms with Gasteiger partial charge in [0.25, 0.3) is 0 Å². The van der Waals surface area contributed by atoms with Gasteiger partial charge in [-0.25, -0.2) is 16.8 Å². The van der Waals surface area contributed by atoms with E-state index in [1.54, 1.807) is 0 Å². The molecule has 0 aromatic heterocycles. The molecule has 136 valence electrons. The van der Waals surface area contributed by atoms with Crippen LogP contribution in [0.25, 0.3) is 0 Å². The maximum Gasteiger partial charge on any atom is 0.245 e. The predicted octanol–water partition coefficient (Wildman–Crippen LogP) is 1.88. The first kappa shape index (κ1) is 19.0. The molecular weight excluding hydrogens is 352 g/mol. The quantitative estimate of drug-likeness (QED) is 0.818. The van der Waals surface area contributed by atoms with Crippen molar-refractivity contribution < 1.29 is 21.6 Å². The zero-order valence-electron chi connectivity index (χ0n) is 14.1. The average molecular weight is 377 g/mol. The maximum absolute atomic E-state index is 13.0. The second kappa shape index (κ2) is 7.28. The molecule has 1 N–H and O–H groups in total. The van der Waals surface area contributed by atoms with Crippen molar-refractivity contribution >= 4 is 25.7 Å². The van der Waals surface area contributed by atoms with Crippen molar-refractivity contribution in [3.63, 3.8) is 0 Å². The first-order valence-corrected chi connectivity index (χ1v) is 11.0. The van der Waals surface area contributed by atoms with Crippen LogP contribution in [0.2, 0.25) is 0 Å². The smallest absolute Gasteiger partial charge is 0.245 e. The Bertz CT molecular complexity index is 790. The Hall–Kier alpha value is -1.32. The third kappa shape index (κ3) is 4.20. The SMILES string of the molecule is CCS(=O)(=O)Nc1cc(OC)ccc1S(=O)(=O)N1CCCC(C)C1. The third-order valence-electron chi connectivity index (χ3n) is 4.07. The van der Waals surface area contributed by atoms with Gasteiger partial charge < -0.3 is 4.74 Å². The van der Waals surface area contributed by atoms with Gasteiger partial charge in [-0.05, 0) is 37.8 Å². The van der Waals surface area contributed by atoms with Crippen molar-refractivity contribution in [1.82, 2.24) is 4.31 Å². The van der Waals surface area contributed by atoms with Gasteiger partial charge in [0, 0.05) is 19.2 Å². The second-order valence-electron chi connectivity index (χ2n) is 5.98. The highest BCUT2D eigenvalue weighted by atomic mass is 32.2. The lowest BCUT2D eigenvalue weighted by molar-refractivity contribution is 0.281. The molecule has 9 heteroatoms. The van der Waals surface area contributed by atoms with Gasteiger partial charge in [-0.2, -0.15) is 4.31 Å². The molecule has 1 atom stereocenters. The molecule has 1 aliphatic rings. The lowest BCUT2D eigenvalue weighted by Gasteiger charge is -2.30. The number of methoxy groups -OCH3 is 1. The van der Waals surface area contributed by atoms with Crippen molar-refractivity contribution in [3.05, 3.63) is 18.2 Å². The average Bonchev–Trinajstić information content (AvgIpc) is 2.54. The second-order valence-corrected chi connectivity index (χ2v) is 9.90. The fourth-order valence-electron chi connectivity index (χ4n) is 2.68. The van der Waals surface area contributed by atoms with Crippen LogP contribution in [0, 0.1) is 5.92 Å². The number of rotatable bonds is 6. The minimum atomic E-state index is -3.78. The van der Waals surface area contributed by atoms with Gasteiger partial charge in [0.2, 0.25) is 20.0 Å². The largest absolute Gasteiger partial charge is 0.497 e. The lowest BCUT2D eigenvalue weighted by atomic mass is 10.0. The van der Waals surface area contributed by atoms with E-state index in [0.29, 0.717) is 18.8 Å². The number of nitrogens with zero attached hydrogens (tertiary/aromatic N) is 1. The van der Waals surface area contributed by atoms with Crippen LogP contribution in [-0.4, -0.2) is 47.1 Å². The Kier molecular flexibility index (Phi) is 5.77. The number of anilines is 1. The van der Waals surface area contributed by atoms with E-state index in [0.717, 1.165) is 12.8 Å². The van der Waals surface area contributed by atoms with E-state index in [1.165, 1.54) is 36.5 Å². The maximum atomic E-state index is 13.0. The Morgan fingerprint density at radius 2 is 2.00 bits per heavy atom. The molecule has 2 rings (SSSR count). The minimum absolute atomic E-state index is 0.0226. The highest BCUT2D eigenvalue weighted by Gasteiger charge is 2.31. The van der Waals surface area contributed by atoms with Crippen molar-refractivity contribution in [2.75, 3.05) is 30.7 Å². The summed E-state index contributed by atoms with van der Waals surface area (Å²) in [6.07, 6.45) is 1.79. The Morgan fingerprint density at radius 3 is 2.58 bits per heavy atom. The Balaban J connectivity index is 2.48. The number of ether oxygens (including phenoxy) is 1. The molecule has 0 radical (unpaired) electrons. The summed E-state index contributed by atoms with van der Waals surface area (Å²) in [5, 5.41) is 0. The van der Waals surface area contributed by atoms with E-state index >= 15 is 0 Å². The summed E-state index contributed by atoms with van der Waals surface area (Å²) in [6.45, 7) is 4.38. The summed E-state index contributed by atoms with van der Waals surface area (Å²) in [5.41, 5.74) is 0.0226. The Morgan fingerprint density at radius 1 is 1.29 bits per heavy atom. The van der Waals surface area contributed by atoms with E-state index < -0.39 is 20.0 Å². The summed E-state index contributed by atoms with van der Waals surface area (Å²) < 4.78 is 58.7. The topological polar surface area (TPSA) is 92.8 Å². The van der Waals surface area contributed by atoms with E-state index in [2.05, 4.69) is 4.72 Å². The van der Waals surface area contributed by atoms with Crippen LogP contribution >= 0.6 is 0 Å². The van der Waals surface area contributed by atoms with Crippen molar-refractivity contribution in [3.8, 4) is 5.75 Å². The summed E-state index contributed by atoms with van der Waals surface area (Å²) in [5.74, 6) is 0.516. The molecule has 0 spiro atoms. The van der Waals surface area contributed by atoms with Crippen LogP contribution in [-0.2, 0) is 20.0 Å². The molecule has 0 amide bonds. The van der Waals surface area contributed by atoms with Crippen LogP contribution in [0.1, 0.15) is 26.7 Å². The molecule has 1 unspecified atom stereocenters. The highest BCUT2D eigenvalue weighted by molar-refractivity contribution is 7.93.